The second-order valence-corrected chi connectivity index (χ2v) is 9.99. The Kier molecular flexibility index (Phi) is 7.54. The smallest absolute Gasteiger partial charge is 0.291 e. The molecule has 1 heterocycles. The van der Waals surface area contributed by atoms with Crippen molar-refractivity contribution in [1.29, 1.82) is 0 Å². The third kappa shape index (κ3) is 6.11. The Bertz CT molecular complexity index is 1190. The van der Waals surface area contributed by atoms with E-state index < -0.39 is 15.9 Å². The third-order valence-electron chi connectivity index (χ3n) is 4.35. The minimum absolute atomic E-state index is 0.0796. The maximum Gasteiger partial charge on any atom is 0.291 e. The van der Waals surface area contributed by atoms with E-state index in [1.54, 1.807) is 26.0 Å². The molecule has 2 aromatic carbocycles. The first-order valence-electron chi connectivity index (χ1n) is 9.84. The Hall–Kier alpha value is -3.31. The van der Waals surface area contributed by atoms with E-state index in [0.29, 0.717) is 13.0 Å². The molecule has 0 aliphatic heterocycles. The van der Waals surface area contributed by atoms with Gasteiger partial charge in [0.1, 0.15) is 0 Å². The van der Waals surface area contributed by atoms with Gasteiger partial charge >= 0.3 is 0 Å². The molecular weight excluding hydrogens is 450 g/mol. The summed E-state index contributed by atoms with van der Waals surface area (Å²) in [7, 11) is -4.10. The van der Waals surface area contributed by atoms with Crippen LogP contribution in [0.3, 0.4) is 0 Å². The number of sulfonamides is 1. The summed E-state index contributed by atoms with van der Waals surface area (Å²) < 4.78 is 27.6. The minimum atomic E-state index is -4.10. The summed E-state index contributed by atoms with van der Waals surface area (Å²) in [5.41, 5.74) is 1.38. The Balaban J connectivity index is 1.69. The highest BCUT2D eigenvalue weighted by molar-refractivity contribution is 7.94. The molecule has 3 N–H and O–H groups in total. The lowest BCUT2D eigenvalue weighted by molar-refractivity contribution is -0.118. The Labute approximate surface area is 190 Å². The quantitative estimate of drug-likeness (QED) is 0.410. The average Bonchev–Trinajstić information content (AvgIpc) is 3.24. The highest BCUT2D eigenvalue weighted by atomic mass is 32.2. The summed E-state index contributed by atoms with van der Waals surface area (Å²) in [4.78, 5) is 24.4. The number of amides is 2. The van der Waals surface area contributed by atoms with Gasteiger partial charge < -0.3 is 10.6 Å². The fourth-order valence-corrected chi connectivity index (χ4v) is 4.62. The van der Waals surface area contributed by atoms with E-state index in [1.165, 1.54) is 12.1 Å². The van der Waals surface area contributed by atoms with Gasteiger partial charge in [-0.2, -0.15) is 8.42 Å². The second kappa shape index (κ2) is 10.3. The first-order chi connectivity index (χ1) is 15.3. The maximum atomic E-state index is 12.8. The van der Waals surface area contributed by atoms with Crippen molar-refractivity contribution in [2.45, 2.75) is 24.6 Å². The van der Waals surface area contributed by atoms with Crippen LogP contribution >= 0.6 is 11.3 Å². The van der Waals surface area contributed by atoms with E-state index in [-0.39, 0.29) is 32.5 Å². The van der Waals surface area contributed by atoms with Crippen LogP contribution < -0.4 is 15.4 Å². The molecule has 3 aromatic rings. The summed E-state index contributed by atoms with van der Waals surface area (Å²) in [5.74, 6) is -0.985. The summed E-state index contributed by atoms with van der Waals surface area (Å²) in [6.45, 7) is 3.81. The van der Waals surface area contributed by atoms with Crippen LogP contribution in [-0.4, -0.2) is 37.0 Å². The van der Waals surface area contributed by atoms with E-state index >= 15 is 0 Å². The average molecular weight is 474 g/mol. The molecule has 2 amide bonds. The predicted molar refractivity (Wildman–Crippen MR) is 123 cm³/mol. The minimum Gasteiger partial charge on any atom is -0.352 e. The Morgan fingerprint density at radius 1 is 1.00 bits per heavy atom. The van der Waals surface area contributed by atoms with Gasteiger partial charge in [0.2, 0.25) is 11.0 Å². The molecule has 0 radical (unpaired) electrons. The van der Waals surface area contributed by atoms with E-state index in [2.05, 4.69) is 25.6 Å². The zero-order valence-corrected chi connectivity index (χ0v) is 19.2. The zero-order chi connectivity index (χ0) is 23.1. The van der Waals surface area contributed by atoms with E-state index in [4.69, 9.17) is 0 Å². The van der Waals surface area contributed by atoms with E-state index in [9.17, 15) is 18.0 Å². The van der Waals surface area contributed by atoms with Crippen molar-refractivity contribution in [1.82, 2.24) is 15.5 Å². The number of hydrogen-bond acceptors (Lipinski definition) is 7. The van der Waals surface area contributed by atoms with Gasteiger partial charge in [-0.3, -0.25) is 14.3 Å². The number of para-hydroxylation sites is 1. The van der Waals surface area contributed by atoms with Gasteiger partial charge in [0, 0.05) is 12.5 Å². The third-order valence-corrected chi connectivity index (χ3v) is 6.92. The largest absolute Gasteiger partial charge is 0.352 e. The highest BCUT2D eigenvalue weighted by Crippen LogP contribution is 2.24. The fraction of sp³-hybridized carbons (Fsp3) is 0.238. The zero-order valence-electron chi connectivity index (χ0n) is 17.5. The molecule has 0 unspecified atom stereocenters. The molecule has 0 aliphatic rings. The van der Waals surface area contributed by atoms with E-state index in [1.807, 2.05) is 30.3 Å². The predicted octanol–water partition coefficient (Wildman–Crippen LogP) is 2.91. The van der Waals surface area contributed by atoms with Gasteiger partial charge in [0.15, 0.2) is 0 Å². The van der Waals surface area contributed by atoms with Crippen LogP contribution in [0.2, 0.25) is 0 Å². The first-order valence-corrected chi connectivity index (χ1v) is 12.1. The number of aromatic nitrogens is 2. The van der Waals surface area contributed by atoms with Gasteiger partial charge in [-0.25, -0.2) is 0 Å². The second-order valence-electron chi connectivity index (χ2n) is 7.16. The number of nitrogens with zero attached hydrogens (tertiary/aromatic N) is 2. The van der Waals surface area contributed by atoms with Crippen LogP contribution in [0.1, 0.15) is 29.8 Å². The molecule has 9 nitrogen and oxygen atoms in total. The summed E-state index contributed by atoms with van der Waals surface area (Å²) in [5, 5.41) is 12.8. The summed E-state index contributed by atoms with van der Waals surface area (Å²) >= 11 is 0.725. The molecule has 0 aliphatic carbocycles. The number of carbonyl (C=O) groups is 2. The molecule has 168 valence electrons. The number of rotatable bonds is 9. The normalized spacial score (nSPS) is 11.2. The molecule has 3 rings (SSSR count). The molecule has 0 atom stereocenters. The van der Waals surface area contributed by atoms with Gasteiger partial charge in [0.05, 0.1) is 11.3 Å². The van der Waals surface area contributed by atoms with Crippen molar-refractivity contribution in [3.63, 3.8) is 0 Å². The molecule has 0 spiro atoms. The molecule has 11 heteroatoms. The molecule has 0 fully saturated rings. The van der Waals surface area contributed by atoms with Gasteiger partial charge in [-0.1, -0.05) is 67.6 Å². The van der Waals surface area contributed by atoms with Gasteiger partial charge in [-0.05, 0) is 24.1 Å². The van der Waals surface area contributed by atoms with Crippen molar-refractivity contribution in [3.05, 3.63) is 65.7 Å². The molecule has 32 heavy (non-hydrogen) atoms. The van der Waals surface area contributed by atoms with Crippen molar-refractivity contribution < 1.29 is 18.0 Å². The topological polar surface area (TPSA) is 130 Å². The number of nitrogens with one attached hydrogen (secondary N) is 3. The highest BCUT2D eigenvalue weighted by Gasteiger charge is 2.23. The SMILES string of the molecule is CC(C)C(=O)Nc1nnc(S(=O)(=O)Nc2ccccc2C(=O)NCCc2ccccc2)s1. The fourth-order valence-electron chi connectivity index (χ4n) is 2.64. The van der Waals surface area contributed by atoms with E-state index in [0.717, 1.165) is 16.9 Å². The molecule has 1 aromatic heterocycles. The monoisotopic (exact) mass is 473 g/mol. The van der Waals surface area contributed by atoms with Crippen molar-refractivity contribution >= 4 is 44.0 Å². The number of benzene rings is 2. The number of anilines is 2. The summed E-state index contributed by atoms with van der Waals surface area (Å²) in [6, 6.07) is 16.0. The first kappa shape index (κ1) is 23.4. The summed E-state index contributed by atoms with van der Waals surface area (Å²) in [6.07, 6.45) is 0.649. The standard InChI is InChI=1S/C21H23N5O4S2/c1-14(2)18(27)23-20-24-25-21(31-20)32(29,30)26-17-11-7-6-10-16(17)19(28)22-13-12-15-8-4-3-5-9-15/h3-11,14,26H,12-13H2,1-2H3,(H,22,28)(H,23,24,27). The van der Waals surface area contributed by atoms with Crippen LogP contribution in [0, 0.1) is 5.92 Å². The Morgan fingerprint density at radius 3 is 2.41 bits per heavy atom. The van der Waals surface area contributed by atoms with Crippen molar-refractivity contribution in [2.75, 3.05) is 16.6 Å². The number of hydrogen-bond donors (Lipinski definition) is 3. The van der Waals surface area contributed by atoms with Gasteiger partial charge in [0.25, 0.3) is 20.3 Å². The molecular formula is C21H23N5O4S2. The van der Waals surface area contributed by atoms with Crippen LogP contribution in [0.15, 0.2) is 58.9 Å². The van der Waals surface area contributed by atoms with Crippen LogP contribution in [0.4, 0.5) is 10.8 Å². The lowest BCUT2D eigenvalue weighted by atomic mass is 10.1. The van der Waals surface area contributed by atoms with Crippen LogP contribution in [-0.2, 0) is 21.2 Å². The molecule has 0 saturated carbocycles. The van der Waals surface area contributed by atoms with Gasteiger partial charge in [-0.15, -0.1) is 10.2 Å². The lowest BCUT2D eigenvalue weighted by Gasteiger charge is -2.11. The van der Waals surface area contributed by atoms with Crippen LogP contribution in [0.5, 0.6) is 0 Å². The number of carbonyl (C=O) groups excluding carboxylic acids is 2. The van der Waals surface area contributed by atoms with Crippen LogP contribution in [0.25, 0.3) is 0 Å². The molecule has 0 saturated heterocycles. The maximum absolute atomic E-state index is 12.8. The lowest BCUT2D eigenvalue weighted by Crippen LogP contribution is -2.27. The van der Waals surface area contributed by atoms with Crippen molar-refractivity contribution in [3.8, 4) is 0 Å². The Morgan fingerprint density at radius 2 is 1.69 bits per heavy atom. The van der Waals surface area contributed by atoms with Crippen molar-refractivity contribution in [2.24, 2.45) is 5.92 Å². The molecule has 0 bridgehead atoms.